The highest BCUT2D eigenvalue weighted by molar-refractivity contribution is 7.80. The first-order chi connectivity index (χ1) is 8.11. The van der Waals surface area contributed by atoms with Crippen LogP contribution in [0.4, 0.5) is 14.5 Å². The number of para-hydroxylation sites is 1. The van der Waals surface area contributed by atoms with Gasteiger partial charge in [0, 0.05) is 17.8 Å². The maximum Gasteiger partial charge on any atom is 0.261 e. The lowest BCUT2D eigenvalue weighted by atomic mass is 10.2. The third-order valence-electron chi connectivity index (χ3n) is 2.00. The molecule has 0 aliphatic heterocycles. The summed E-state index contributed by atoms with van der Waals surface area (Å²) < 4.78 is 28.3. The van der Waals surface area contributed by atoms with E-state index in [0.717, 1.165) is 11.3 Å². The van der Waals surface area contributed by atoms with Crippen LogP contribution in [-0.4, -0.2) is 31.2 Å². The van der Waals surface area contributed by atoms with Crippen molar-refractivity contribution in [3.8, 4) is 0 Å². The minimum Gasteiger partial charge on any atom is -0.389 e. The zero-order valence-electron chi connectivity index (χ0n) is 9.16. The van der Waals surface area contributed by atoms with E-state index in [4.69, 9.17) is 22.7 Å². The number of rotatable bonds is 7. The molecule has 0 aliphatic rings. The van der Waals surface area contributed by atoms with Crippen LogP contribution >= 0.6 is 12.2 Å². The Balaban J connectivity index is 2.39. The number of hydrogen-bond acceptors (Lipinski definition) is 3. The molecule has 0 atom stereocenters. The van der Waals surface area contributed by atoms with Gasteiger partial charge in [0.15, 0.2) is 0 Å². The Morgan fingerprint density at radius 2 is 2.12 bits per heavy atom. The third-order valence-corrected chi connectivity index (χ3v) is 2.22. The molecule has 0 aliphatic carbocycles. The molecule has 94 valence electrons. The Labute approximate surface area is 104 Å². The van der Waals surface area contributed by atoms with Crippen molar-refractivity contribution in [2.24, 2.45) is 5.73 Å². The third kappa shape index (κ3) is 5.06. The lowest BCUT2D eigenvalue weighted by Crippen LogP contribution is -2.16. The van der Waals surface area contributed by atoms with Gasteiger partial charge in [-0.25, -0.2) is 8.78 Å². The molecule has 0 saturated carbocycles. The van der Waals surface area contributed by atoms with Crippen molar-refractivity contribution in [3.05, 3.63) is 29.8 Å². The minimum absolute atomic E-state index is 0.204. The highest BCUT2D eigenvalue weighted by Crippen LogP contribution is 2.14. The lowest BCUT2D eigenvalue weighted by Gasteiger charge is -2.11. The lowest BCUT2D eigenvalue weighted by molar-refractivity contribution is 0.0215. The summed E-state index contributed by atoms with van der Waals surface area (Å²) in [6.07, 6.45) is -2.43. The van der Waals surface area contributed by atoms with Crippen molar-refractivity contribution < 1.29 is 13.5 Å². The SMILES string of the molecule is NC(=S)c1ccccc1NCCOCC(F)F. The van der Waals surface area contributed by atoms with Crippen molar-refractivity contribution in [2.75, 3.05) is 25.1 Å². The maximum atomic E-state index is 11.8. The van der Waals surface area contributed by atoms with E-state index in [0.29, 0.717) is 11.5 Å². The van der Waals surface area contributed by atoms with Crippen LogP contribution in [0.1, 0.15) is 5.56 Å². The second-order valence-electron chi connectivity index (χ2n) is 3.30. The molecule has 17 heavy (non-hydrogen) atoms. The molecule has 1 aromatic rings. The summed E-state index contributed by atoms with van der Waals surface area (Å²) in [5, 5.41) is 3.03. The number of alkyl halides is 2. The highest BCUT2D eigenvalue weighted by atomic mass is 32.1. The molecule has 0 unspecified atom stereocenters. The van der Waals surface area contributed by atoms with Crippen LogP contribution in [-0.2, 0) is 4.74 Å². The number of hydrogen-bond donors (Lipinski definition) is 2. The normalized spacial score (nSPS) is 10.5. The molecular formula is C11H14F2N2OS. The van der Waals surface area contributed by atoms with Crippen molar-refractivity contribution in [3.63, 3.8) is 0 Å². The average molecular weight is 260 g/mol. The van der Waals surface area contributed by atoms with Gasteiger partial charge in [0.05, 0.1) is 6.61 Å². The van der Waals surface area contributed by atoms with E-state index in [1.54, 1.807) is 6.07 Å². The van der Waals surface area contributed by atoms with Crippen LogP contribution in [0.3, 0.4) is 0 Å². The predicted molar refractivity (Wildman–Crippen MR) is 67.6 cm³/mol. The summed E-state index contributed by atoms with van der Waals surface area (Å²) in [5.74, 6) is 0. The van der Waals surface area contributed by atoms with Gasteiger partial charge in [-0.05, 0) is 12.1 Å². The van der Waals surface area contributed by atoms with Gasteiger partial charge in [-0.15, -0.1) is 0 Å². The second-order valence-corrected chi connectivity index (χ2v) is 3.74. The topological polar surface area (TPSA) is 47.3 Å². The van der Waals surface area contributed by atoms with Gasteiger partial charge in [-0.1, -0.05) is 24.4 Å². The smallest absolute Gasteiger partial charge is 0.261 e. The first kappa shape index (κ1) is 13.8. The summed E-state index contributed by atoms with van der Waals surface area (Å²) in [4.78, 5) is 0.293. The Kier molecular flexibility index (Phi) is 5.79. The van der Waals surface area contributed by atoms with Crippen LogP contribution in [0.2, 0.25) is 0 Å². The number of halogens is 2. The van der Waals surface area contributed by atoms with E-state index in [1.165, 1.54) is 0 Å². The molecule has 0 amide bonds. The van der Waals surface area contributed by atoms with E-state index in [1.807, 2.05) is 18.2 Å². The molecule has 0 saturated heterocycles. The maximum absolute atomic E-state index is 11.8. The zero-order chi connectivity index (χ0) is 12.7. The van der Waals surface area contributed by atoms with Crippen molar-refractivity contribution >= 4 is 22.9 Å². The van der Waals surface area contributed by atoms with Gasteiger partial charge < -0.3 is 15.8 Å². The van der Waals surface area contributed by atoms with Gasteiger partial charge in [0.25, 0.3) is 6.43 Å². The fourth-order valence-corrected chi connectivity index (χ4v) is 1.46. The Morgan fingerprint density at radius 3 is 2.76 bits per heavy atom. The molecule has 0 aromatic heterocycles. The molecule has 3 N–H and O–H groups in total. The standard InChI is InChI=1S/C11H14F2N2OS/c12-10(13)7-16-6-5-15-9-4-2-1-3-8(9)11(14)17/h1-4,10,15H,5-7H2,(H2,14,17). The van der Waals surface area contributed by atoms with Crippen LogP contribution in [0.25, 0.3) is 0 Å². The number of thiocarbonyl (C=S) groups is 1. The Hall–Kier alpha value is -1.27. The monoisotopic (exact) mass is 260 g/mol. The number of nitrogens with two attached hydrogens (primary N) is 1. The predicted octanol–water partition coefficient (Wildman–Crippen LogP) is 2.01. The zero-order valence-corrected chi connectivity index (χ0v) is 9.97. The molecule has 1 aromatic carbocycles. The summed E-state index contributed by atoms with van der Waals surface area (Å²) in [6, 6.07) is 7.28. The quantitative estimate of drug-likeness (QED) is 0.581. The molecular weight excluding hydrogens is 246 g/mol. The Morgan fingerprint density at radius 1 is 1.41 bits per heavy atom. The fraction of sp³-hybridized carbons (Fsp3) is 0.364. The summed E-state index contributed by atoms with van der Waals surface area (Å²) in [7, 11) is 0. The Bertz CT molecular complexity index is 374. The molecule has 0 radical (unpaired) electrons. The summed E-state index contributed by atoms with van der Waals surface area (Å²) in [6.45, 7) is 0.0843. The fourth-order valence-electron chi connectivity index (χ4n) is 1.28. The number of anilines is 1. The van der Waals surface area contributed by atoms with Crippen molar-refractivity contribution in [2.45, 2.75) is 6.43 Å². The van der Waals surface area contributed by atoms with Crippen molar-refractivity contribution in [1.82, 2.24) is 0 Å². The molecule has 0 bridgehead atoms. The van der Waals surface area contributed by atoms with Gasteiger partial charge in [-0.3, -0.25) is 0 Å². The molecule has 1 rings (SSSR count). The van der Waals surface area contributed by atoms with E-state index < -0.39 is 13.0 Å². The largest absolute Gasteiger partial charge is 0.389 e. The molecule has 3 nitrogen and oxygen atoms in total. The number of benzene rings is 1. The average Bonchev–Trinajstić information content (AvgIpc) is 2.28. The van der Waals surface area contributed by atoms with E-state index in [9.17, 15) is 8.78 Å². The molecule has 0 fully saturated rings. The highest BCUT2D eigenvalue weighted by Gasteiger charge is 2.04. The minimum atomic E-state index is -2.43. The summed E-state index contributed by atoms with van der Waals surface area (Å²) >= 11 is 4.89. The number of nitrogens with one attached hydrogen (secondary N) is 1. The molecule has 6 heteroatoms. The second kappa shape index (κ2) is 7.13. The van der Waals surface area contributed by atoms with Crippen LogP contribution < -0.4 is 11.1 Å². The van der Waals surface area contributed by atoms with Gasteiger partial charge in [0.2, 0.25) is 0 Å². The van der Waals surface area contributed by atoms with E-state index >= 15 is 0 Å². The summed E-state index contributed by atoms with van der Waals surface area (Å²) in [5.41, 5.74) is 7.06. The van der Waals surface area contributed by atoms with Gasteiger partial charge in [-0.2, -0.15) is 0 Å². The van der Waals surface area contributed by atoms with Crippen LogP contribution in [0.5, 0.6) is 0 Å². The first-order valence-corrected chi connectivity index (χ1v) is 5.50. The molecule has 0 spiro atoms. The van der Waals surface area contributed by atoms with Crippen LogP contribution in [0, 0.1) is 0 Å². The van der Waals surface area contributed by atoms with E-state index in [-0.39, 0.29) is 6.61 Å². The van der Waals surface area contributed by atoms with E-state index in [2.05, 4.69) is 5.32 Å². The van der Waals surface area contributed by atoms with Gasteiger partial charge >= 0.3 is 0 Å². The molecule has 0 heterocycles. The first-order valence-electron chi connectivity index (χ1n) is 5.10. The van der Waals surface area contributed by atoms with Crippen molar-refractivity contribution in [1.29, 1.82) is 0 Å². The number of ether oxygens (including phenoxy) is 1. The van der Waals surface area contributed by atoms with Crippen LogP contribution in [0.15, 0.2) is 24.3 Å². The van der Waals surface area contributed by atoms with Gasteiger partial charge in [0.1, 0.15) is 11.6 Å².